The van der Waals surface area contributed by atoms with E-state index in [9.17, 15) is 0 Å². The molecule has 0 bridgehead atoms. The fraction of sp³-hybridized carbons (Fsp3) is 0.417. The van der Waals surface area contributed by atoms with Crippen molar-refractivity contribution < 1.29 is 4.42 Å². The van der Waals surface area contributed by atoms with Crippen molar-refractivity contribution in [1.82, 2.24) is 4.98 Å². The van der Waals surface area contributed by atoms with Crippen LogP contribution in [0.5, 0.6) is 0 Å². The summed E-state index contributed by atoms with van der Waals surface area (Å²) >= 11 is 6.14. The Morgan fingerprint density at radius 3 is 2.93 bits per heavy atom. The molecule has 0 aliphatic heterocycles. The van der Waals surface area contributed by atoms with Crippen molar-refractivity contribution in [2.45, 2.75) is 31.6 Å². The van der Waals surface area contributed by atoms with E-state index in [4.69, 9.17) is 16.0 Å². The van der Waals surface area contributed by atoms with Crippen LogP contribution in [0.4, 0.5) is 0 Å². The van der Waals surface area contributed by atoms with Gasteiger partial charge in [0, 0.05) is 11.8 Å². The largest absolute Gasteiger partial charge is 0.441 e. The third kappa shape index (κ3) is 2.51. The fourth-order valence-electron chi connectivity index (χ4n) is 1.61. The Bertz CT molecular complexity index is 405. The zero-order valence-corrected chi connectivity index (χ0v) is 9.50. The molecule has 2 rings (SSSR count). The lowest BCUT2D eigenvalue weighted by atomic mass is 10.2. The number of fused-ring (bicyclic) bond motifs is 1. The molecule has 15 heavy (non-hydrogen) atoms. The normalized spacial score (nSPS) is 13.2. The zero-order chi connectivity index (χ0) is 10.7. The molecular weight excluding hydrogens is 210 g/mol. The third-order valence-electron chi connectivity index (χ3n) is 2.34. The summed E-state index contributed by atoms with van der Waals surface area (Å²) in [7, 11) is 0. The van der Waals surface area contributed by atoms with E-state index in [1.54, 1.807) is 0 Å². The number of halogens is 1. The SMILES string of the molecule is CCCC(Cl)Cc1nc2ccccc2o1. The lowest BCUT2D eigenvalue weighted by Crippen LogP contribution is -2.02. The highest BCUT2D eigenvalue weighted by Crippen LogP contribution is 2.18. The van der Waals surface area contributed by atoms with Crippen LogP contribution < -0.4 is 0 Å². The summed E-state index contributed by atoms with van der Waals surface area (Å²) in [4.78, 5) is 4.38. The van der Waals surface area contributed by atoms with Gasteiger partial charge in [0.2, 0.25) is 0 Å². The van der Waals surface area contributed by atoms with Gasteiger partial charge in [0.1, 0.15) is 5.52 Å². The molecule has 1 atom stereocenters. The van der Waals surface area contributed by atoms with Crippen molar-refractivity contribution in [3.63, 3.8) is 0 Å². The minimum atomic E-state index is 0.128. The van der Waals surface area contributed by atoms with Gasteiger partial charge in [-0.05, 0) is 18.6 Å². The van der Waals surface area contributed by atoms with Crippen LogP contribution in [0.2, 0.25) is 0 Å². The molecule has 80 valence electrons. The number of hydrogen-bond donors (Lipinski definition) is 0. The molecule has 1 aromatic carbocycles. The zero-order valence-electron chi connectivity index (χ0n) is 8.74. The number of nitrogens with zero attached hydrogens (tertiary/aromatic N) is 1. The van der Waals surface area contributed by atoms with Gasteiger partial charge in [0.05, 0.1) is 0 Å². The maximum Gasteiger partial charge on any atom is 0.196 e. The lowest BCUT2D eigenvalue weighted by molar-refractivity contribution is 0.515. The first-order valence-electron chi connectivity index (χ1n) is 5.28. The van der Waals surface area contributed by atoms with Crippen molar-refractivity contribution in [2.75, 3.05) is 0 Å². The molecule has 0 spiro atoms. The number of aromatic nitrogens is 1. The predicted octanol–water partition coefficient (Wildman–Crippen LogP) is 3.78. The lowest BCUT2D eigenvalue weighted by Gasteiger charge is -2.02. The molecule has 0 saturated heterocycles. The Kier molecular flexibility index (Phi) is 3.27. The van der Waals surface area contributed by atoms with E-state index in [0.29, 0.717) is 6.42 Å². The molecule has 2 nitrogen and oxygen atoms in total. The summed E-state index contributed by atoms with van der Waals surface area (Å²) in [5.74, 6) is 0.740. The maximum absolute atomic E-state index is 6.14. The van der Waals surface area contributed by atoms with Gasteiger partial charge in [-0.25, -0.2) is 4.98 Å². The Morgan fingerprint density at radius 1 is 1.40 bits per heavy atom. The highest BCUT2D eigenvalue weighted by molar-refractivity contribution is 6.20. The van der Waals surface area contributed by atoms with Gasteiger partial charge in [-0.1, -0.05) is 25.5 Å². The van der Waals surface area contributed by atoms with E-state index in [1.807, 2.05) is 24.3 Å². The van der Waals surface area contributed by atoms with Gasteiger partial charge in [-0.2, -0.15) is 0 Å². The van der Waals surface area contributed by atoms with Gasteiger partial charge >= 0.3 is 0 Å². The second kappa shape index (κ2) is 4.67. The Morgan fingerprint density at radius 2 is 2.20 bits per heavy atom. The average molecular weight is 224 g/mol. The van der Waals surface area contributed by atoms with Crippen molar-refractivity contribution >= 4 is 22.7 Å². The van der Waals surface area contributed by atoms with Gasteiger partial charge in [0.15, 0.2) is 11.5 Å². The predicted molar refractivity (Wildman–Crippen MR) is 62.3 cm³/mol. The number of hydrogen-bond acceptors (Lipinski definition) is 2. The van der Waals surface area contributed by atoms with E-state index in [1.165, 1.54) is 0 Å². The molecule has 0 aliphatic carbocycles. The molecule has 0 amide bonds. The average Bonchev–Trinajstić information content (AvgIpc) is 2.59. The van der Waals surface area contributed by atoms with Crippen LogP contribution >= 0.6 is 11.6 Å². The summed E-state index contributed by atoms with van der Waals surface area (Å²) < 4.78 is 5.59. The topological polar surface area (TPSA) is 26.0 Å². The van der Waals surface area contributed by atoms with E-state index >= 15 is 0 Å². The van der Waals surface area contributed by atoms with Crippen LogP contribution in [0.3, 0.4) is 0 Å². The number of rotatable bonds is 4. The first kappa shape index (κ1) is 10.5. The second-order valence-electron chi connectivity index (χ2n) is 3.67. The van der Waals surface area contributed by atoms with Crippen molar-refractivity contribution in [3.05, 3.63) is 30.2 Å². The molecule has 3 heteroatoms. The number of benzene rings is 1. The molecule has 0 N–H and O–H groups in total. The highest BCUT2D eigenvalue weighted by Gasteiger charge is 2.10. The number of para-hydroxylation sites is 2. The molecule has 1 unspecified atom stereocenters. The van der Waals surface area contributed by atoms with E-state index in [-0.39, 0.29) is 5.38 Å². The number of alkyl halides is 1. The molecule has 0 radical (unpaired) electrons. The number of oxazole rings is 1. The van der Waals surface area contributed by atoms with Crippen molar-refractivity contribution in [2.24, 2.45) is 0 Å². The Hall–Kier alpha value is -1.02. The van der Waals surface area contributed by atoms with Gasteiger partial charge < -0.3 is 4.42 Å². The second-order valence-corrected chi connectivity index (χ2v) is 4.28. The molecule has 0 saturated carbocycles. The molecule has 1 aromatic heterocycles. The van der Waals surface area contributed by atoms with Gasteiger partial charge in [0.25, 0.3) is 0 Å². The van der Waals surface area contributed by atoms with Crippen LogP contribution in [-0.2, 0) is 6.42 Å². The summed E-state index contributed by atoms with van der Waals surface area (Å²) in [6, 6.07) is 7.78. The quantitative estimate of drug-likeness (QED) is 0.738. The Balaban J connectivity index is 2.15. The first-order valence-corrected chi connectivity index (χ1v) is 5.71. The minimum Gasteiger partial charge on any atom is -0.441 e. The standard InChI is InChI=1S/C12H14ClNO/c1-2-5-9(13)8-12-14-10-6-3-4-7-11(10)15-12/h3-4,6-7,9H,2,5,8H2,1H3. The summed E-state index contributed by atoms with van der Waals surface area (Å²) in [5, 5.41) is 0.128. The summed E-state index contributed by atoms with van der Waals surface area (Å²) in [6.45, 7) is 2.13. The smallest absolute Gasteiger partial charge is 0.196 e. The van der Waals surface area contributed by atoms with Gasteiger partial charge in [-0.15, -0.1) is 11.6 Å². The van der Waals surface area contributed by atoms with Crippen molar-refractivity contribution in [3.8, 4) is 0 Å². The van der Waals surface area contributed by atoms with E-state index in [2.05, 4.69) is 11.9 Å². The summed E-state index contributed by atoms with van der Waals surface area (Å²) in [5.41, 5.74) is 1.75. The van der Waals surface area contributed by atoms with Crippen LogP contribution in [-0.4, -0.2) is 10.4 Å². The van der Waals surface area contributed by atoms with Crippen LogP contribution in [0.15, 0.2) is 28.7 Å². The monoisotopic (exact) mass is 223 g/mol. The van der Waals surface area contributed by atoms with Crippen LogP contribution in [0.1, 0.15) is 25.7 Å². The van der Waals surface area contributed by atoms with E-state index < -0.39 is 0 Å². The van der Waals surface area contributed by atoms with Crippen LogP contribution in [0, 0.1) is 0 Å². The highest BCUT2D eigenvalue weighted by atomic mass is 35.5. The molecule has 0 aliphatic rings. The van der Waals surface area contributed by atoms with E-state index in [0.717, 1.165) is 29.8 Å². The molecule has 1 heterocycles. The van der Waals surface area contributed by atoms with Gasteiger partial charge in [-0.3, -0.25) is 0 Å². The maximum atomic E-state index is 6.14. The fourth-order valence-corrected chi connectivity index (χ4v) is 1.96. The molecule has 2 aromatic rings. The first-order chi connectivity index (χ1) is 7.29. The Labute approximate surface area is 94.3 Å². The summed E-state index contributed by atoms with van der Waals surface area (Å²) in [6.07, 6.45) is 2.80. The minimum absolute atomic E-state index is 0.128. The molecular formula is C12H14ClNO. The third-order valence-corrected chi connectivity index (χ3v) is 2.71. The molecule has 0 fully saturated rings. The van der Waals surface area contributed by atoms with Crippen LogP contribution in [0.25, 0.3) is 11.1 Å². The van der Waals surface area contributed by atoms with Crippen molar-refractivity contribution in [1.29, 1.82) is 0 Å².